The Bertz CT molecular complexity index is 453. The fraction of sp³-hybridized carbons (Fsp3) is 0.273. The zero-order valence-electron chi connectivity index (χ0n) is 9.32. The van der Waals surface area contributed by atoms with Crippen LogP contribution in [0.25, 0.3) is 0 Å². The van der Waals surface area contributed by atoms with Crippen molar-refractivity contribution in [3.63, 3.8) is 0 Å². The molecular formula is C11H14N4S. The average molecular weight is 234 g/mol. The van der Waals surface area contributed by atoms with Gasteiger partial charge in [0.15, 0.2) is 5.16 Å². The van der Waals surface area contributed by atoms with E-state index in [0.717, 1.165) is 11.7 Å². The predicted molar refractivity (Wildman–Crippen MR) is 64.4 cm³/mol. The maximum Gasteiger partial charge on any atom is 0.188 e. The molecule has 84 valence electrons. The van der Waals surface area contributed by atoms with Gasteiger partial charge in [0.2, 0.25) is 0 Å². The molecule has 2 rings (SSSR count). The first-order valence-electron chi connectivity index (χ1n) is 5.07. The van der Waals surface area contributed by atoms with Crippen LogP contribution in [-0.2, 0) is 6.54 Å². The zero-order chi connectivity index (χ0) is 11.4. The van der Waals surface area contributed by atoms with Crippen molar-refractivity contribution >= 4 is 11.8 Å². The van der Waals surface area contributed by atoms with E-state index >= 15 is 0 Å². The fourth-order valence-corrected chi connectivity index (χ4v) is 2.29. The summed E-state index contributed by atoms with van der Waals surface area (Å²) in [6.07, 6.45) is 1.52. The van der Waals surface area contributed by atoms with Crippen LogP contribution in [-0.4, -0.2) is 22.2 Å². The molecule has 0 fully saturated rings. The third-order valence-corrected chi connectivity index (χ3v) is 3.19. The number of nitrogens with one attached hydrogen (secondary N) is 2. The smallest absolute Gasteiger partial charge is 0.188 e. The van der Waals surface area contributed by atoms with Crippen LogP contribution in [0.4, 0.5) is 0 Å². The highest BCUT2D eigenvalue weighted by Gasteiger charge is 2.05. The van der Waals surface area contributed by atoms with Gasteiger partial charge in [0.1, 0.15) is 6.33 Å². The molecule has 0 saturated heterocycles. The second-order valence-corrected chi connectivity index (χ2v) is 4.56. The molecule has 5 heteroatoms. The summed E-state index contributed by atoms with van der Waals surface area (Å²) in [7, 11) is 1.95. The van der Waals surface area contributed by atoms with Gasteiger partial charge < -0.3 is 5.32 Å². The van der Waals surface area contributed by atoms with Crippen molar-refractivity contribution in [2.75, 3.05) is 7.05 Å². The number of aromatic nitrogens is 3. The molecule has 0 aliphatic rings. The fourth-order valence-electron chi connectivity index (χ4n) is 1.48. The molecule has 0 unspecified atom stereocenters. The normalized spacial score (nSPS) is 10.6. The van der Waals surface area contributed by atoms with Crippen molar-refractivity contribution in [2.24, 2.45) is 0 Å². The summed E-state index contributed by atoms with van der Waals surface area (Å²) in [6, 6.07) is 6.42. The van der Waals surface area contributed by atoms with E-state index in [1.54, 1.807) is 11.8 Å². The molecule has 0 atom stereocenters. The van der Waals surface area contributed by atoms with Gasteiger partial charge in [-0.2, -0.15) is 5.10 Å². The first-order valence-corrected chi connectivity index (χ1v) is 5.88. The summed E-state index contributed by atoms with van der Waals surface area (Å²) >= 11 is 1.60. The number of hydrogen-bond donors (Lipinski definition) is 2. The first kappa shape index (κ1) is 11.2. The van der Waals surface area contributed by atoms with Crippen molar-refractivity contribution in [3.8, 4) is 0 Å². The van der Waals surface area contributed by atoms with Crippen molar-refractivity contribution in [1.29, 1.82) is 0 Å². The van der Waals surface area contributed by atoms with Crippen molar-refractivity contribution in [2.45, 2.75) is 23.5 Å². The summed E-state index contributed by atoms with van der Waals surface area (Å²) in [4.78, 5) is 5.32. The van der Waals surface area contributed by atoms with Gasteiger partial charge in [-0.1, -0.05) is 29.5 Å². The van der Waals surface area contributed by atoms with Crippen molar-refractivity contribution in [3.05, 3.63) is 35.7 Å². The molecule has 2 N–H and O–H groups in total. The molecule has 0 aliphatic carbocycles. The SMILES string of the molecule is CNCc1cc(C)ccc1Sc1ncn[nH]1. The van der Waals surface area contributed by atoms with Crippen LogP contribution in [0.5, 0.6) is 0 Å². The Labute approximate surface area is 98.9 Å². The number of aryl methyl sites for hydroxylation is 1. The number of benzene rings is 1. The second-order valence-electron chi connectivity index (χ2n) is 3.53. The Hall–Kier alpha value is -1.33. The van der Waals surface area contributed by atoms with Crippen LogP contribution in [0.15, 0.2) is 34.6 Å². The number of nitrogens with zero attached hydrogens (tertiary/aromatic N) is 2. The highest BCUT2D eigenvalue weighted by molar-refractivity contribution is 7.99. The largest absolute Gasteiger partial charge is 0.316 e. The maximum absolute atomic E-state index is 4.11. The molecule has 0 radical (unpaired) electrons. The summed E-state index contributed by atoms with van der Waals surface area (Å²) in [5.74, 6) is 0. The summed E-state index contributed by atoms with van der Waals surface area (Å²) in [5.41, 5.74) is 2.55. The molecule has 1 aromatic heterocycles. The second kappa shape index (κ2) is 5.14. The Morgan fingerprint density at radius 2 is 2.31 bits per heavy atom. The van der Waals surface area contributed by atoms with Crippen LogP contribution in [0.2, 0.25) is 0 Å². The third-order valence-electron chi connectivity index (χ3n) is 2.18. The van der Waals surface area contributed by atoms with Gasteiger partial charge in [-0.05, 0) is 25.6 Å². The molecule has 1 heterocycles. The molecule has 1 aromatic carbocycles. The highest BCUT2D eigenvalue weighted by atomic mass is 32.2. The van der Waals surface area contributed by atoms with Crippen molar-refractivity contribution in [1.82, 2.24) is 20.5 Å². The van der Waals surface area contributed by atoms with E-state index in [1.165, 1.54) is 22.3 Å². The van der Waals surface area contributed by atoms with E-state index in [-0.39, 0.29) is 0 Å². The Morgan fingerprint density at radius 3 is 3.00 bits per heavy atom. The van der Waals surface area contributed by atoms with Gasteiger partial charge in [0.25, 0.3) is 0 Å². The van der Waals surface area contributed by atoms with Gasteiger partial charge in [-0.15, -0.1) is 0 Å². The number of rotatable bonds is 4. The molecular weight excluding hydrogens is 220 g/mol. The minimum Gasteiger partial charge on any atom is -0.316 e. The minimum absolute atomic E-state index is 0.821. The van der Waals surface area contributed by atoms with E-state index in [9.17, 15) is 0 Å². The van der Waals surface area contributed by atoms with E-state index in [1.807, 2.05) is 7.05 Å². The predicted octanol–water partition coefficient (Wildman–Crippen LogP) is 1.98. The lowest BCUT2D eigenvalue weighted by Gasteiger charge is -2.08. The monoisotopic (exact) mass is 234 g/mol. The van der Waals surface area contributed by atoms with E-state index in [0.29, 0.717) is 0 Å². The lowest BCUT2D eigenvalue weighted by atomic mass is 10.1. The topological polar surface area (TPSA) is 53.6 Å². The quantitative estimate of drug-likeness (QED) is 0.849. The van der Waals surface area contributed by atoms with Crippen LogP contribution >= 0.6 is 11.8 Å². The molecule has 4 nitrogen and oxygen atoms in total. The van der Waals surface area contributed by atoms with E-state index in [4.69, 9.17) is 0 Å². The van der Waals surface area contributed by atoms with Crippen molar-refractivity contribution < 1.29 is 0 Å². The van der Waals surface area contributed by atoms with E-state index in [2.05, 4.69) is 45.6 Å². The Balaban J connectivity index is 2.25. The zero-order valence-corrected chi connectivity index (χ0v) is 10.1. The van der Waals surface area contributed by atoms with Gasteiger partial charge >= 0.3 is 0 Å². The molecule has 0 saturated carbocycles. The molecule has 0 amide bonds. The molecule has 2 aromatic rings. The molecule has 0 bridgehead atoms. The van der Waals surface area contributed by atoms with Crippen LogP contribution < -0.4 is 5.32 Å². The number of hydrogen-bond acceptors (Lipinski definition) is 4. The van der Waals surface area contributed by atoms with Gasteiger partial charge in [-0.3, -0.25) is 5.10 Å². The van der Waals surface area contributed by atoms with Gasteiger partial charge in [0, 0.05) is 11.4 Å². The minimum atomic E-state index is 0.821. The first-order chi connectivity index (χ1) is 7.79. The molecule has 0 spiro atoms. The Kier molecular flexibility index (Phi) is 3.58. The van der Waals surface area contributed by atoms with Crippen LogP contribution in [0, 0.1) is 6.92 Å². The molecule has 16 heavy (non-hydrogen) atoms. The average Bonchev–Trinajstić information content (AvgIpc) is 2.75. The lowest BCUT2D eigenvalue weighted by molar-refractivity contribution is 0.801. The highest BCUT2D eigenvalue weighted by Crippen LogP contribution is 2.28. The number of aromatic amines is 1. The van der Waals surface area contributed by atoms with Crippen LogP contribution in [0.1, 0.15) is 11.1 Å². The lowest BCUT2D eigenvalue weighted by Crippen LogP contribution is -2.06. The standard InChI is InChI=1S/C11H14N4S/c1-8-3-4-10(9(5-8)6-12-2)16-11-13-7-14-15-11/h3-5,7,12H,6H2,1-2H3,(H,13,14,15). The summed E-state index contributed by atoms with van der Waals surface area (Å²) in [5, 5.41) is 10.7. The molecule has 0 aliphatic heterocycles. The Morgan fingerprint density at radius 1 is 1.44 bits per heavy atom. The van der Waals surface area contributed by atoms with Crippen LogP contribution in [0.3, 0.4) is 0 Å². The van der Waals surface area contributed by atoms with Gasteiger partial charge in [-0.25, -0.2) is 4.98 Å². The van der Waals surface area contributed by atoms with Gasteiger partial charge in [0.05, 0.1) is 0 Å². The summed E-state index contributed by atoms with van der Waals surface area (Å²) in [6.45, 7) is 2.96. The number of H-pyrrole nitrogens is 1. The summed E-state index contributed by atoms with van der Waals surface area (Å²) < 4.78 is 0. The third kappa shape index (κ3) is 2.62. The van der Waals surface area contributed by atoms with E-state index < -0.39 is 0 Å². The maximum atomic E-state index is 4.11.